The lowest BCUT2D eigenvalue weighted by atomic mass is 10.1. The van der Waals surface area contributed by atoms with Gasteiger partial charge in [0.25, 0.3) is 0 Å². The molecule has 0 amide bonds. The van der Waals surface area contributed by atoms with Crippen LogP contribution in [-0.2, 0) is 0 Å². The van der Waals surface area contributed by atoms with Gasteiger partial charge in [-0.1, -0.05) is 12.1 Å². The maximum absolute atomic E-state index is 9.57. The maximum atomic E-state index is 9.57. The number of hydrogen-bond acceptors (Lipinski definition) is 5. The highest BCUT2D eigenvalue weighted by Gasteiger charge is 2.08. The number of hydrogen-bond donors (Lipinski definition) is 3. The van der Waals surface area contributed by atoms with Crippen molar-refractivity contribution in [3.05, 3.63) is 36.3 Å². The average Bonchev–Trinajstić information content (AvgIpc) is 2.40. The van der Waals surface area contributed by atoms with E-state index in [0.29, 0.717) is 12.4 Å². The number of benzene rings is 1. The van der Waals surface area contributed by atoms with Crippen LogP contribution in [-0.4, -0.2) is 28.2 Å². The molecule has 4 N–H and O–H groups in total. The molecule has 0 aliphatic carbocycles. The summed E-state index contributed by atoms with van der Waals surface area (Å²) in [7, 11) is 0. The van der Waals surface area contributed by atoms with E-state index >= 15 is 0 Å². The SMILES string of the molecule is Cc1ncc(NCCCN)c(-c2cccc(O)c2)n1. The van der Waals surface area contributed by atoms with Crippen molar-refractivity contribution >= 4 is 5.69 Å². The number of aromatic nitrogens is 2. The number of phenols is 1. The molecule has 0 fully saturated rings. The van der Waals surface area contributed by atoms with Crippen molar-refractivity contribution < 1.29 is 5.11 Å². The minimum atomic E-state index is 0.224. The molecule has 0 saturated heterocycles. The molecule has 1 aromatic carbocycles. The minimum Gasteiger partial charge on any atom is -0.508 e. The van der Waals surface area contributed by atoms with Gasteiger partial charge in [-0.3, -0.25) is 0 Å². The van der Waals surface area contributed by atoms with Crippen LogP contribution in [0.15, 0.2) is 30.5 Å². The third kappa shape index (κ3) is 3.42. The number of nitrogens with zero attached hydrogens (tertiary/aromatic N) is 2. The number of anilines is 1. The summed E-state index contributed by atoms with van der Waals surface area (Å²) in [6.45, 7) is 3.26. The Morgan fingerprint density at radius 3 is 2.95 bits per heavy atom. The molecule has 0 saturated carbocycles. The van der Waals surface area contributed by atoms with E-state index < -0.39 is 0 Å². The molecule has 1 heterocycles. The highest BCUT2D eigenvalue weighted by molar-refractivity contribution is 5.74. The van der Waals surface area contributed by atoms with Crippen LogP contribution in [0, 0.1) is 6.92 Å². The molecule has 0 bridgehead atoms. The summed E-state index contributed by atoms with van der Waals surface area (Å²) in [5.41, 5.74) is 7.99. The fraction of sp³-hybridized carbons (Fsp3) is 0.286. The van der Waals surface area contributed by atoms with Gasteiger partial charge in [0.05, 0.1) is 17.6 Å². The number of nitrogens with two attached hydrogens (primary N) is 1. The normalized spacial score (nSPS) is 10.4. The first-order chi connectivity index (χ1) is 9.20. The zero-order valence-corrected chi connectivity index (χ0v) is 10.9. The van der Waals surface area contributed by atoms with Crippen molar-refractivity contribution in [2.75, 3.05) is 18.4 Å². The van der Waals surface area contributed by atoms with E-state index in [1.165, 1.54) is 0 Å². The summed E-state index contributed by atoms with van der Waals surface area (Å²) in [5.74, 6) is 0.921. The van der Waals surface area contributed by atoms with Crippen LogP contribution in [0.25, 0.3) is 11.3 Å². The van der Waals surface area contributed by atoms with Gasteiger partial charge in [0.15, 0.2) is 0 Å². The molecular weight excluding hydrogens is 240 g/mol. The summed E-state index contributed by atoms with van der Waals surface area (Å²) in [6.07, 6.45) is 2.64. The van der Waals surface area contributed by atoms with Crippen molar-refractivity contribution in [1.29, 1.82) is 0 Å². The predicted molar refractivity (Wildman–Crippen MR) is 76.0 cm³/mol. The first-order valence-electron chi connectivity index (χ1n) is 6.27. The van der Waals surface area contributed by atoms with Gasteiger partial charge in [-0.2, -0.15) is 0 Å². The Balaban J connectivity index is 2.34. The highest BCUT2D eigenvalue weighted by atomic mass is 16.3. The Bertz CT molecular complexity index is 557. The molecule has 0 unspecified atom stereocenters. The van der Waals surface area contributed by atoms with Crippen molar-refractivity contribution in [2.45, 2.75) is 13.3 Å². The second kappa shape index (κ2) is 6.15. The smallest absolute Gasteiger partial charge is 0.126 e. The van der Waals surface area contributed by atoms with Crippen molar-refractivity contribution in [3.8, 4) is 17.0 Å². The molecule has 2 aromatic rings. The monoisotopic (exact) mass is 258 g/mol. The molecule has 2 rings (SSSR count). The van der Waals surface area contributed by atoms with Crippen LogP contribution in [0.2, 0.25) is 0 Å². The summed E-state index contributed by atoms with van der Waals surface area (Å²) in [5, 5.41) is 12.8. The molecule has 0 radical (unpaired) electrons. The van der Waals surface area contributed by atoms with E-state index in [-0.39, 0.29) is 5.75 Å². The number of rotatable bonds is 5. The topological polar surface area (TPSA) is 84.1 Å². The van der Waals surface area contributed by atoms with Crippen LogP contribution in [0.4, 0.5) is 5.69 Å². The Morgan fingerprint density at radius 2 is 2.21 bits per heavy atom. The van der Waals surface area contributed by atoms with Gasteiger partial charge in [0.2, 0.25) is 0 Å². The summed E-state index contributed by atoms with van der Waals surface area (Å²) < 4.78 is 0. The quantitative estimate of drug-likeness (QED) is 0.713. The molecule has 100 valence electrons. The zero-order valence-electron chi connectivity index (χ0n) is 10.9. The third-order valence-corrected chi connectivity index (χ3v) is 2.73. The molecule has 0 atom stereocenters. The fourth-order valence-corrected chi connectivity index (χ4v) is 1.80. The molecule has 5 heteroatoms. The Morgan fingerprint density at radius 1 is 1.37 bits per heavy atom. The maximum Gasteiger partial charge on any atom is 0.126 e. The van der Waals surface area contributed by atoms with Crippen molar-refractivity contribution in [3.63, 3.8) is 0 Å². The second-order valence-corrected chi connectivity index (χ2v) is 4.30. The van der Waals surface area contributed by atoms with Gasteiger partial charge in [0, 0.05) is 12.1 Å². The first-order valence-corrected chi connectivity index (χ1v) is 6.27. The van der Waals surface area contributed by atoms with E-state index in [1.807, 2.05) is 13.0 Å². The standard InChI is InChI=1S/C14H18N4O/c1-10-17-9-13(16-7-3-6-15)14(18-10)11-4-2-5-12(19)8-11/h2,4-5,8-9,16,19H,3,6-7,15H2,1H3. The average molecular weight is 258 g/mol. The van der Waals surface area contributed by atoms with Gasteiger partial charge in [0.1, 0.15) is 11.6 Å². The van der Waals surface area contributed by atoms with Gasteiger partial charge < -0.3 is 16.2 Å². The van der Waals surface area contributed by atoms with Crippen LogP contribution in [0.3, 0.4) is 0 Å². The van der Waals surface area contributed by atoms with Gasteiger partial charge >= 0.3 is 0 Å². The van der Waals surface area contributed by atoms with Gasteiger partial charge in [-0.05, 0) is 32.0 Å². The summed E-state index contributed by atoms with van der Waals surface area (Å²) >= 11 is 0. The van der Waals surface area contributed by atoms with E-state index in [2.05, 4.69) is 15.3 Å². The molecule has 19 heavy (non-hydrogen) atoms. The van der Waals surface area contributed by atoms with Crippen LogP contribution < -0.4 is 11.1 Å². The molecule has 5 nitrogen and oxygen atoms in total. The fourth-order valence-electron chi connectivity index (χ4n) is 1.80. The molecule has 0 spiro atoms. The molecule has 0 aliphatic rings. The number of phenolic OH excluding ortho intramolecular Hbond substituents is 1. The lowest BCUT2D eigenvalue weighted by Crippen LogP contribution is -2.10. The molecular formula is C14H18N4O. The van der Waals surface area contributed by atoms with Crippen LogP contribution in [0.5, 0.6) is 5.75 Å². The number of aromatic hydroxyl groups is 1. The zero-order chi connectivity index (χ0) is 13.7. The first kappa shape index (κ1) is 13.3. The van der Waals surface area contributed by atoms with E-state index in [1.54, 1.807) is 24.4 Å². The second-order valence-electron chi connectivity index (χ2n) is 4.30. The number of nitrogens with one attached hydrogen (secondary N) is 1. The van der Waals surface area contributed by atoms with Crippen LogP contribution in [0.1, 0.15) is 12.2 Å². The lowest BCUT2D eigenvalue weighted by Gasteiger charge is -2.11. The van der Waals surface area contributed by atoms with Crippen molar-refractivity contribution in [1.82, 2.24) is 9.97 Å². The van der Waals surface area contributed by atoms with Gasteiger partial charge in [-0.25, -0.2) is 9.97 Å². The predicted octanol–water partition coefficient (Wildman–Crippen LogP) is 1.92. The van der Waals surface area contributed by atoms with Crippen LogP contribution >= 0.6 is 0 Å². The largest absolute Gasteiger partial charge is 0.508 e. The summed E-state index contributed by atoms with van der Waals surface area (Å²) in [4.78, 5) is 8.65. The van der Waals surface area contributed by atoms with E-state index in [0.717, 1.165) is 29.9 Å². The number of aryl methyl sites for hydroxylation is 1. The highest BCUT2D eigenvalue weighted by Crippen LogP contribution is 2.27. The lowest BCUT2D eigenvalue weighted by molar-refractivity contribution is 0.475. The Labute approximate surface area is 112 Å². The molecule has 0 aliphatic heterocycles. The van der Waals surface area contributed by atoms with E-state index in [9.17, 15) is 5.11 Å². The third-order valence-electron chi connectivity index (χ3n) is 2.73. The van der Waals surface area contributed by atoms with Crippen molar-refractivity contribution in [2.24, 2.45) is 5.73 Å². The minimum absolute atomic E-state index is 0.224. The Kier molecular flexibility index (Phi) is 4.30. The Hall–Kier alpha value is -2.14. The van der Waals surface area contributed by atoms with E-state index in [4.69, 9.17) is 5.73 Å². The summed E-state index contributed by atoms with van der Waals surface area (Å²) in [6, 6.07) is 7.04. The molecule has 1 aromatic heterocycles. The van der Waals surface area contributed by atoms with Gasteiger partial charge in [-0.15, -0.1) is 0 Å².